The van der Waals surface area contributed by atoms with Crippen LogP contribution in [0.3, 0.4) is 0 Å². The first-order chi connectivity index (χ1) is 14.6. The third-order valence-electron chi connectivity index (χ3n) is 4.44. The van der Waals surface area contributed by atoms with Gasteiger partial charge in [-0.05, 0) is 67.8 Å². The molecule has 7 nitrogen and oxygen atoms in total. The summed E-state index contributed by atoms with van der Waals surface area (Å²) >= 11 is 0. The second kappa shape index (κ2) is 13.5. The maximum Gasteiger partial charge on any atom is 0.221 e. The topological polar surface area (TPSA) is 91.3 Å². The molecule has 2 rings (SSSR count). The average molecular weight is 417 g/mol. The molecule has 0 radical (unpaired) electrons. The normalized spacial score (nSPS) is 10.5. The SMILES string of the molecule is CC(=O)Nc1ccc(OCCCCCOc2ccc(N(CCO)CCO)cc2)cc1. The van der Waals surface area contributed by atoms with Crippen molar-refractivity contribution < 1.29 is 24.5 Å². The molecule has 0 aromatic heterocycles. The second-order valence-corrected chi connectivity index (χ2v) is 6.89. The maximum atomic E-state index is 11.0. The highest BCUT2D eigenvalue weighted by atomic mass is 16.5. The Kier molecular flexibility index (Phi) is 10.5. The summed E-state index contributed by atoms with van der Waals surface area (Å²) in [6.45, 7) is 3.83. The van der Waals surface area contributed by atoms with Gasteiger partial charge in [0.05, 0.1) is 26.4 Å². The zero-order valence-corrected chi connectivity index (χ0v) is 17.5. The Labute approximate surface area is 178 Å². The van der Waals surface area contributed by atoms with Crippen molar-refractivity contribution in [2.45, 2.75) is 26.2 Å². The van der Waals surface area contributed by atoms with Crippen LogP contribution in [-0.2, 0) is 4.79 Å². The van der Waals surface area contributed by atoms with Crippen molar-refractivity contribution in [2.24, 2.45) is 0 Å². The van der Waals surface area contributed by atoms with Crippen molar-refractivity contribution in [3.05, 3.63) is 48.5 Å². The van der Waals surface area contributed by atoms with Gasteiger partial charge in [-0.1, -0.05) is 0 Å². The van der Waals surface area contributed by atoms with Gasteiger partial charge in [-0.3, -0.25) is 4.79 Å². The summed E-state index contributed by atoms with van der Waals surface area (Å²) in [5.41, 5.74) is 1.71. The Morgan fingerprint density at radius 2 is 1.33 bits per heavy atom. The molecule has 0 heterocycles. The molecule has 0 aliphatic carbocycles. The van der Waals surface area contributed by atoms with Crippen LogP contribution in [0, 0.1) is 0 Å². The summed E-state index contributed by atoms with van der Waals surface area (Å²) in [6.07, 6.45) is 2.88. The van der Waals surface area contributed by atoms with Crippen molar-refractivity contribution in [3.63, 3.8) is 0 Å². The molecule has 3 N–H and O–H groups in total. The smallest absolute Gasteiger partial charge is 0.221 e. The lowest BCUT2D eigenvalue weighted by molar-refractivity contribution is -0.114. The van der Waals surface area contributed by atoms with E-state index in [-0.39, 0.29) is 19.1 Å². The molecule has 0 spiro atoms. The van der Waals surface area contributed by atoms with Gasteiger partial charge in [-0.25, -0.2) is 0 Å². The van der Waals surface area contributed by atoms with E-state index in [2.05, 4.69) is 5.32 Å². The molecular formula is C23H32N2O5. The van der Waals surface area contributed by atoms with E-state index in [1.165, 1.54) is 6.92 Å². The predicted molar refractivity (Wildman–Crippen MR) is 118 cm³/mol. The summed E-state index contributed by atoms with van der Waals surface area (Å²) in [4.78, 5) is 12.9. The number of hydrogen-bond donors (Lipinski definition) is 3. The number of nitrogens with one attached hydrogen (secondary N) is 1. The van der Waals surface area contributed by atoms with E-state index in [1.807, 2.05) is 53.4 Å². The third-order valence-corrected chi connectivity index (χ3v) is 4.44. The van der Waals surface area contributed by atoms with Crippen LogP contribution in [-0.4, -0.2) is 55.6 Å². The van der Waals surface area contributed by atoms with Gasteiger partial charge in [-0.15, -0.1) is 0 Å². The number of carbonyl (C=O) groups is 1. The first-order valence-corrected chi connectivity index (χ1v) is 10.3. The summed E-state index contributed by atoms with van der Waals surface area (Å²) < 4.78 is 11.5. The van der Waals surface area contributed by atoms with Gasteiger partial charge in [0.25, 0.3) is 0 Å². The van der Waals surface area contributed by atoms with Crippen LogP contribution in [0.5, 0.6) is 11.5 Å². The number of amides is 1. The number of carbonyl (C=O) groups excluding carboxylic acids is 1. The summed E-state index contributed by atoms with van der Waals surface area (Å²) in [6, 6.07) is 15.0. The number of unbranched alkanes of at least 4 members (excludes halogenated alkanes) is 2. The number of benzene rings is 2. The molecule has 7 heteroatoms. The lowest BCUT2D eigenvalue weighted by atomic mass is 10.2. The van der Waals surface area contributed by atoms with Crippen LogP contribution < -0.4 is 19.7 Å². The Bertz CT molecular complexity index is 728. The molecule has 2 aromatic rings. The lowest BCUT2D eigenvalue weighted by Gasteiger charge is -2.23. The Balaban J connectivity index is 1.59. The predicted octanol–water partition coefficient (Wildman–Crippen LogP) is 3.06. The van der Waals surface area contributed by atoms with Crippen LogP contribution in [0.2, 0.25) is 0 Å². The quantitative estimate of drug-likeness (QED) is 0.410. The van der Waals surface area contributed by atoms with E-state index in [4.69, 9.17) is 19.7 Å². The molecular weight excluding hydrogens is 384 g/mol. The number of aliphatic hydroxyl groups excluding tert-OH is 2. The van der Waals surface area contributed by atoms with E-state index >= 15 is 0 Å². The molecule has 164 valence electrons. The van der Waals surface area contributed by atoms with E-state index in [0.29, 0.717) is 26.3 Å². The van der Waals surface area contributed by atoms with Crippen molar-refractivity contribution in [1.82, 2.24) is 0 Å². The second-order valence-electron chi connectivity index (χ2n) is 6.89. The van der Waals surface area contributed by atoms with Crippen molar-refractivity contribution >= 4 is 17.3 Å². The molecule has 0 unspecified atom stereocenters. The highest BCUT2D eigenvalue weighted by Crippen LogP contribution is 2.20. The summed E-state index contributed by atoms with van der Waals surface area (Å²) in [5.74, 6) is 1.51. The minimum absolute atomic E-state index is 0.0460. The fourth-order valence-corrected chi connectivity index (χ4v) is 2.96. The average Bonchev–Trinajstić information content (AvgIpc) is 2.74. The number of nitrogens with zero attached hydrogens (tertiary/aromatic N) is 1. The van der Waals surface area contributed by atoms with Crippen LogP contribution in [0.1, 0.15) is 26.2 Å². The molecule has 2 aromatic carbocycles. The van der Waals surface area contributed by atoms with Crippen LogP contribution in [0.15, 0.2) is 48.5 Å². The number of ether oxygens (including phenoxy) is 2. The summed E-state index contributed by atoms with van der Waals surface area (Å²) in [7, 11) is 0. The number of aliphatic hydroxyl groups is 2. The highest BCUT2D eigenvalue weighted by Gasteiger charge is 2.05. The lowest BCUT2D eigenvalue weighted by Crippen LogP contribution is -2.29. The molecule has 0 aliphatic rings. The molecule has 0 saturated carbocycles. The van der Waals surface area contributed by atoms with Crippen LogP contribution >= 0.6 is 0 Å². The zero-order chi connectivity index (χ0) is 21.6. The first-order valence-electron chi connectivity index (χ1n) is 10.3. The van der Waals surface area contributed by atoms with Crippen LogP contribution in [0.4, 0.5) is 11.4 Å². The number of anilines is 2. The van der Waals surface area contributed by atoms with Crippen molar-refractivity contribution in [2.75, 3.05) is 49.7 Å². The van der Waals surface area contributed by atoms with Crippen molar-refractivity contribution in [3.8, 4) is 11.5 Å². The van der Waals surface area contributed by atoms with E-state index in [1.54, 1.807) is 0 Å². The number of rotatable bonds is 14. The zero-order valence-electron chi connectivity index (χ0n) is 17.5. The molecule has 0 atom stereocenters. The van der Waals surface area contributed by atoms with Gasteiger partial charge < -0.3 is 29.9 Å². The minimum Gasteiger partial charge on any atom is -0.494 e. The highest BCUT2D eigenvalue weighted by molar-refractivity contribution is 5.88. The Hall–Kier alpha value is -2.77. The van der Waals surface area contributed by atoms with E-state index < -0.39 is 0 Å². The van der Waals surface area contributed by atoms with Gasteiger partial charge in [0.1, 0.15) is 11.5 Å². The molecule has 0 saturated heterocycles. The van der Waals surface area contributed by atoms with Gasteiger partial charge in [0.15, 0.2) is 0 Å². The van der Waals surface area contributed by atoms with Crippen molar-refractivity contribution in [1.29, 1.82) is 0 Å². The van der Waals surface area contributed by atoms with Gasteiger partial charge in [0, 0.05) is 31.4 Å². The first kappa shape index (κ1) is 23.5. The fourth-order valence-electron chi connectivity index (χ4n) is 2.96. The molecule has 30 heavy (non-hydrogen) atoms. The van der Waals surface area contributed by atoms with Gasteiger partial charge in [0.2, 0.25) is 5.91 Å². The van der Waals surface area contributed by atoms with E-state index in [0.717, 1.165) is 42.1 Å². The standard InChI is InChI=1S/C23H32N2O5/c1-19(28)24-20-5-9-22(10-6-20)29-17-3-2-4-18-30-23-11-7-21(8-12-23)25(13-15-26)14-16-27/h5-12,26-27H,2-4,13-18H2,1H3,(H,24,28). The summed E-state index contributed by atoms with van der Waals surface area (Å²) in [5, 5.41) is 21.0. The molecule has 0 aliphatic heterocycles. The number of hydrogen-bond acceptors (Lipinski definition) is 6. The molecule has 0 fully saturated rings. The Morgan fingerprint density at radius 3 is 1.80 bits per heavy atom. The maximum absolute atomic E-state index is 11.0. The van der Waals surface area contributed by atoms with Crippen LogP contribution in [0.25, 0.3) is 0 Å². The van der Waals surface area contributed by atoms with Gasteiger partial charge in [-0.2, -0.15) is 0 Å². The fraction of sp³-hybridized carbons (Fsp3) is 0.435. The monoisotopic (exact) mass is 416 g/mol. The third kappa shape index (κ3) is 8.71. The Morgan fingerprint density at radius 1 is 0.833 bits per heavy atom. The molecule has 1 amide bonds. The van der Waals surface area contributed by atoms with E-state index in [9.17, 15) is 4.79 Å². The largest absolute Gasteiger partial charge is 0.494 e. The minimum atomic E-state index is -0.0906. The molecule has 0 bridgehead atoms. The van der Waals surface area contributed by atoms with Gasteiger partial charge >= 0.3 is 0 Å².